The van der Waals surface area contributed by atoms with Gasteiger partial charge < -0.3 is 10.6 Å². The summed E-state index contributed by atoms with van der Waals surface area (Å²) >= 11 is 4.69. The Labute approximate surface area is 112 Å². The van der Waals surface area contributed by atoms with Crippen molar-refractivity contribution in [2.75, 3.05) is 16.4 Å². The van der Waals surface area contributed by atoms with E-state index in [1.807, 2.05) is 12.1 Å². The van der Waals surface area contributed by atoms with Crippen LogP contribution < -0.4 is 10.6 Å². The number of benzene rings is 1. The number of thioether (sulfide) groups is 1. The lowest BCUT2D eigenvalue weighted by molar-refractivity contribution is -0.115. The Morgan fingerprint density at radius 2 is 2.35 bits per heavy atom. The van der Waals surface area contributed by atoms with E-state index >= 15 is 0 Å². The van der Waals surface area contributed by atoms with Crippen LogP contribution in [0.1, 0.15) is 6.92 Å². The lowest BCUT2D eigenvalue weighted by Gasteiger charge is -2.17. The fourth-order valence-electron chi connectivity index (χ4n) is 1.40. The van der Waals surface area contributed by atoms with Crippen LogP contribution in [0.4, 0.5) is 11.4 Å². The van der Waals surface area contributed by atoms with E-state index in [1.165, 1.54) is 11.8 Å². The van der Waals surface area contributed by atoms with E-state index in [4.69, 9.17) is 0 Å². The van der Waals surface area contributed by atoms with Crippen LogP contribution in [0.25, 0.3) is 0 Å². The van der Waals surface area contributed by atoms with E-state index in [1.54, 1.807) is 13.0 Å². The van der Waals surface area contributed by atoms with E-state index in [0.29, 0.717) is 11.4 Å². The molecule has 0 aromatic heterocycles. The number of nitrogens with one attached hydrogen (secondary N) is 2. The summed E-state index contributed by atoms with van der Waals surface area (Å²) < 4.78 is 0. The molecular formula is C11H11BrN2O2S. The van der Waals surface area contributed by atoms with E-state index in [0.717, 1.165) is 10.6 Å². The SMILES string of the molecule is CC(Br)C(=O)Nc1ccc2c(c1)NC(=O)CS2. The molecule has 1 aliphatic heterocycles. The van der Waals surface area contributed by atoms with Gasteiger partial charge in [-0.05, 0) is 25.1 Å². The maximum Gasteiger partial charge on any atom is 0.237 e. The quantitative estimate of drug-likeness (QED) is 0.824. The first-order chi connectivity index (χ1) is 8.06. The average Bonchev–Trinajstić information content (AvgIpc) is 2.28. The van der Waals surface area contributed by atoms with Crippen LogP contribution in [0.2, 0.25) is 0 Å². The number of halogens is 1. The van der Waals surface area contributed by atoms with Crippen LogP contribution in [0, 0.1) is 0 Å². The number of carbonyl (C=O) groups is 2. The Morgan fingerprint density at radius 3 is 3.06 bits per heavy atom. The second-order valence-electron chi connectivity index (χ2n) is 3.65. The predicted octanol–water partition coefficient (Wildman–Crippen LogP) is 2.45. The minimum absolute atomic E-state index is 0.0140. The molecule has 90 valence electrons. The number of carbonyl (C=O) groups excluding carboxylic acids is 2. The molecule has 2 amide bonds. The number of hydrogen-bond donors (Lipinski definition) is 2. The summed E-state index contributed by atoms with van der Waals surface area (Å²) in [4.78, 5) is 23.5. The van der Waals surface area contributed by atoms with E-state index in [9.17, 15) is 9.59 Å². The second-order valence-corrected chi connectivity index (χ2v) is 6.04. The van der Waals surface area contributed by atoms with Crippen molar-refractivity contribution in [3.63, 3.8) is 0 Å². The predicted molar refractivity (Wildman–Crippen MR) is 72.8 cm³/mol. The smallest absolute Gasteiger partial charge is 0.237 e. The Balaban J connectivity index is 2.18. The third kappa shape index (κ3) is 3.01. The number of alkyl halides is 1. The molecule has 4 nitrogen and oxygen atoms in total. The third-order valence-electron chi connectivity index (χ3n) is 2.24. The number of anilines is 2. The van der Waals surface area contributed by atoms with Crippen molar-refractivity contribution >= 4 is 50.9 Å². The molecule has 0 fully saturated rings. The van der Waals surface area contributed by atoms with Gasteiger partial charge in [-0.1, -0.05) is 15.9 Å². The van der Waals surface area contributed by atoms with Gasteiger partial charge in [0.2, 0.25) is 11.8 Å². The van der Waals surface area contributed by atoms with E-state index in [-0.39, 0.29) is 16.6 Å². The monoisotopic (exact) mass is 314 g/mol. The summed E-state index contributed by atoms with van der Waals surface area (Å²) in [5.41, 5.74) is 1.44. The highest BCUT2D eigenvalue weighted by Gasteiger charge is 2.16. The van der Waals surface area contributed by atoms with Gasteiger partial charge in [-0.2, -0.15) is 0 Å². The normalized spacial score (nSPS) is 15.8. The Bertz CT molecular complexity index is 477. The van der Waals surface area contributed by atoms with E-state index in [2.05, 4.69) is 26.6 Å². The summed E-state index contributed by atoms with van der Waals surface area (Å²) in [7, 11) is 0. The largest absolute Gasteiger partial charge is 0.325 e. The molecule has 0 bridgehead atoms. The Hall–Kier alpha value is -1.01. The highest BCUT2D eigenvalue weighted by Crippen LogP contribution is 2.33. The summed E-state index contributed by atoms with van der Waals surface area (Å²) in [5, 5.41) is 5.54. The first-order valence-corrected chi connectivity index (χ1v) is 6.98. The molecule has 1 aromatic carbocycles. The maximum absolute atomic E-state index is 11.5. The van der Waals surface area contributed by atoms with Gasteiger partial charge in [0.05, 0.1) is 16.3 Å². The molecule has 2 N–H and O–H groups in total. The molecule has 1 atom stereocenters. The molecule has 1 aromatic rings. The van der Waals surface area contributed by atoms with Crippen LogP contribution >= 0.6 is 27.7 Å². The van der Waals surface area contributed by atoms with Crippen molar-refractivity contribution < 1.29 is 9.59 Å². The molecule has 1 unspecified atom stereocenters. The molecule has 6 heteroatoms. The Morgan fingerprint density at radius 1 is 1.59 bits per heavy atom. The summed E-state index contributed by atoms with van der Waals surface area (Å²) in [6.45, 7) is 1.76. The topological polar surface area (TPSA) is 58.2 Å². The first-order valence-electron chi connectivity index (χ1n) is 5.08. The summed E-state index contributed by atoms with van der Waals surface area (Å²) in [6.07, 6.45) is 0. The molecule has 0 radical (unpaired) electrons. The van der Waals surface area contributed by atoms with Crippen LogP contribution in [-0.2, 0) is 9.59 Å². The number of rotatable bonds is 2. The molecule has 0 spiro atoms. The maximum atomic E-state index is 11.5. The molecule has 17 heavy (non-hydrogen) atoms. The van der Waals surface area contributed by atoms with Gasteiger partial charge in [-0.15, -0.1) is 11.8 Å². The zero-order chi connectivity index (χ0) is 12.4. The standard InChI is InChI=1S/C11H11BrN2O2S/c1-6(12)11(16)13-7-2-3-9-8(4-7)14-10(15)5-17-9/h2-4,6H,5H2,1H3,(H,13,16)(H,14,15). The van der Waals surface area contributed by atoms with Crippen molar-refractivity contribution in [2.24, 2.45) is 0 Å². The third-order valence-corrected chi connectivity index (χ3v) is 3.73. The molecule has 0 saturated heterocycles. The van der Waals surface area contributed by atoms with Crippen LogP contribution in [-0.4, -0.2) is 22.4 Å². The van der Waals surface area contributed by atoms with Crippen molar-refractivity contribution in [2.45, 2.75) is 16.6 Å². The molecule has 1 aliphatic rings. The minimum Gasteiger partial charge on any atom is -0.325 e. The molecule has 1 heterocycles. The number of hydrogen-bond acceptors (Lipinski definition) is 3. The van der Waals surface area contributed by atoms with Crippen molar-refractivity contribution in [3.8, 4) is 0 Å². The average molecular weight is 315 g/mol. The number of fused-ring (bicyclic) bond motifs is 1. The first kappa shape index (κ1) is 12.4. The lowest BCUT2D eigenvalue weighted by Crippen LogP contribution is -2.21. The summed E-state index contributed by atoms with van der Waals surface area (Å²) in [5.74, 6) is 0.316. The number of amides is 2. The van der Waals surface area contributed by atoms with Gasteiger partial charge in [-0.3, -0.25) is 9.59 Å². The van der Waals surface area contributed by atoms with Gasteiger partial charge in [0.1, 0.15) is 0 Å². The van der Waals surface area contributed by atoms with Gasteiger partial charge in [0.15, 0.2) is 0 Å². The fourth-order valence-corrected chi connectivity index (χ4v) is 2.31. The van der Waals surface area contributed by atoms with Crippen LogP contribution in [0.3, 0.4) is 0 Å². The van der Waals surface area contributed by atoms with Crippen molar-refractivity contribution in [1.82, 2.24) is 0 Å². The zero-order valence-electron chi connectivity index (χ0n) is 9.12. The highest BCUT2D eigenvalue weighted by molar-refractivity contribution is 9.10. The van der Waals surface area contributed by atoms with E-state index < -0.39 is 0 Å². The van der Waals surface area contributed by atoms with Gasteiger partial charge in [0, 0.05) is 10.6 Å². The molecule has 0 aliphatic carbocycles. The van der Waals surface area contributed by atoms with Crippen molar-refractivity contribution in [1.29, 1.82) is 0 Å². The fraction of sp³-hybridized carbons (Fsp3) is 0.273. The lowest BCUT2D eigenvalue weighted by atomic mass is 10.2. The van der Waals surface area contributed by atoms with Gasteiger partial charge in [0.25, 0.3) is 0 Å². The zero-order valence-corrected chi connectivity index (χ0v) is 11.5. The van der Waals surface area contributed by atoms with Crippen LogP contribution in [0.15, 0.2) is 23.1 Å². The highest BCUT2D eigenvalue weighted by atomic mass is 79.9. The van der Waals surface area contributed by atoms with Crippen molar-refractivity contribution in [3.05, 3.63) is 18.2 Å². The van der Waals surface area contributed by atoms with Gasteiger partial charge in [-0.25, -0.2) is 0 Å². The van der Waals surface area contributed by atoms with Gasteiger partial charge >= 0.3 is 0 Å². The Kier molecular flexibility index (Phi) is 3.73. The minimum atomic E-state index is -0.248. The molecule has 2 rings (SSSR count). The van der Waals surface area contributed by atoms with Crippen LogP contribution in [0.5, 0.6) is 0 Å². The second kappa shape index (κ2) is 5.10. The summed E-state index contributed by atoms with van der Waals surface area (Å²) in [6, 6.07) is 5.50. The molecule has 0 saturated carbocycles. The molecular weight excluding hydrogens is 304 g/mol.